The molecule has 4 heteroatoms. The van der Waals surface area contributed by atoms with Gasteiger partial charge in [0.05, 0.1) is 6.54 Å². The van der Waals surface area contributed by atoms with E-state index < -0.39 is 0 Å². The Balaban J connectivity index is 1.38. The van der Waals surface area contributed by atoms with Crippen molar-refractivity contribution in [2.45, 2.75) is 45.6 Å². The third-order valence-corrected chi connectivity index (χ3v) is 6.18. The lowest BCUT2D eigenvalue weighted by Gasteiger charge is -2.48. The van der Waals surface area contributed by atoms with Gasteiger partial charge in [0.15, 0.2) is 0 Å². The quantitative estimate of drug-likeness (QED) is 0.801. The van der Waals surface area contributed by atoms with E-state index in [0.29, 0.717) is 12.3 Å². The van der Waals surface area contributed by atoms with Gasteiger partial charge in [0.25, 0.3) is 0 Å². The molecular weight excluding hydrogens is 336 g/mol. The van der Waals surface area contributed by atoms with Crippen molar-refractivity contribution in [2.24, 2.45) is 5.41 Å². The number of hydrogen-bond acceptors (Lipinski definition) is 3. The lowest BCUT2D eigenvalue weighted by molar-refractivity contribution is -0.139. The summed E-state index contributed by atoms with van der Waals surface area (Å²) in [6.45, 7) is 6.82. The Labute approximate surface area is 162 Å². The zero-order chi connectivity index (χ0) is 18.7. The Morgan fingerprint density at radius 3 is 2.70 bits per heavy atom. The van der Waals surface area contributed by atoms with Crippen molar-refractivity contribution in [3.05, 3.63) is 59.5 Å². The predicted molar refractivity (Wildman–Crippen MR) is 106 cm³/mol. The van der Waals surface area contributed by atoms with Gasteiger partial charge in [-0.1, -0.05) is 30.3 Å². The number of likely N-dealkylation sites (tertiary alicyclic amines) is 2. The van der Waals surface area contributed by atoms with Crippen molar-refractivity contribution in [3.63, 3.8) is 0 Å². The molecule has 2 fully saturated rings. The maximum absolute atomic E-state index is 12.5. The highest BCUT2D eigenvalue weighted by Crippen LogP contribution is 2.39. The largest absolute Gasteiger partial charge is 0.465 e. The van der Waals surface area contributed by atoms with Gasteiger partial charge in [0.1, 0.15) is 11.5 Å². The van der Waals surface area contributed by atoms with Crippen molar-refractivity contribution >= 4 is 5.91 Å². The minimum atomic E-state index is 0.254. The fraction of sp³-hybridized carbons (Fsp3) is 0.522. The standard InChI is InChI=1S/C23H30N2O2/c1-19-8-9-21(27-19)16-24-14-5-12-23(17-24)13-10-22(26)25(18-23)15-11-20-6-3-2-4-7-20/h2-4,6-9H,5,10-18H2,1H3. The monoisotopic (exact) mass is 366 g/mol. The molecule has 0 aliphatic carbocycles. The molecule has 1 unspecified atom stereocenters. The molecular formula is C23H30N2O2. The fourth-order valence-corrected chi connectivity index (χ4v) is 4.78. The first-order valence-electron chi connectivity index (χ1n) is 10.2. The number of carbonyl (C=O) groups is 1. The number of carbonyl (C=O) groups excluding carboxylic acids is 1. The summed E-state index contributed by atoms with van der Waals surface area (Å²) in [6.07, 6.45) is 5.11. The van der Waals surface area contributed by atoms with Crippen LogP contribution in [0.15, 0.2) is 46.9 Å². The average molecular weight is 367 g/mol. The third-order valence-electron chi connectivity index (χ3n) is 6.18. The lowest BCUT2D eigenvalue weighted by atomic mass is 9.73. The van der Waals surface area contributed by atoms with Crippen molar-refractivity contribution in [2.75, 3.05) is 26.2 Å². The molecule has 4 nitrogen and oxygen atoms in total. The highest BCUT2D eigenvalue weighted by molar-refractivity contribution is 5.77. The molecule has 2 saturated heterocycles. The van der Waals surface area contributed by atoms with E-state index in [9.17, 15) is 4.79 Å². The summed E-state index contributed by atoms with van der Waals surface area (Å²) in [5.41, 5.74) is 1.56. The molecule has 1 amide bonds. The van der Waals surface area contributed by atoms with Gasteiger partial charge in [-0.05, 0) is 56.8 Å². The molecule has 0 saturated carbocycles. The van der Waals surface area contributed by atoms with E-state index in [1.54, 1.807) is 0 Å². The lowest BCUT2D eigenvalue weighted by Crippen LogP contribution is -2.54. The van der Waals surface area contributed by atoms with Crippen LogP contribution in [0.5, 0.6) is 0 Å². The fourth-order valence-electron chi connectivity index (χ4n) is 4.78. The molecule has 0 radical (unpaired) electrons. The van der Waals surface area contributed by atoms with Crippen LogP contribution in [-0.2, 0) is 17.8 Å². The van der Waals surface area contributed by atoms with Gasteiger partial charge in [-0.2, -0.15) is 0 Å². The molecule has 0 bridgehead atoms. The number of piperidine rings is 2. The van der Waals surface area contributed by atoms with Gasteiger partial charge in [-0.15, -0.1) is 0 Å². The van der Waals surface area contributed by atoms with Crippen molar-refractivity contribution in [1.29, 1.82) is 0 Å². The van der Waals surface area contributed by atoms with E-state index in [2.05, 4.69) is 40.1 Å². The van der Waals surface area contributed by atoms with Crippen molar-refractivity contribution < 1.29 is 9.21 Å². The van der Waals surface area contributed by atoms with Crippen LogP contribution < -0.4 is 0 Å². The Morgan fingerprint density at radius 2 is 1.93 bits per heavy atom. The SMILES string of the molecule is Cc1ccc(CN2CCCC3(CCC(=O)N(CCc4ccccc4)C3)C2)o1. The summed E-state index contributed by atoms with van der Waals surface area (Å²) >= 11 is 0. The minimum Gasteiger partial charge on any atom is -0.465 e. The first-order valence-corrected chi connectivity index (χ1v) is 10.2. The van der Waals surface area contributed by atoms with E-state index in [1.165, 1.54) is 18.4 Å². The normalized spacial score (nSPS) is 23.9. The second-order valence-electron chi connectivity index (χ2n) is 8.38. The molecule has 2 aliphatic heterocycles. The Morgan fingerprint density at radius 1 is 1.07 bits per heavy atom. The van der Waals surface area contributed by atoms with Crippen LogP contribution in [0.2, 0.25) is 0 Å². The Kier molecular flexibility index (Phi) is 5.35. The Bertz CT molecular complexity index is 770. The zero-order valence-electron chi connectivity index (χ0n) is 16.3. The maximum atomic E-state index is 12.5. The van der Waals surface area contributed by atoms with Gasteiger partial charge in [0, 0.05) is 31.5 Å². The molecule has 2 aliphatic rings. The number of nitrogens with zero attached hydrogens (tertiary/aromatic N) is 2. The molecule has 1 aromatic heterocycles. The van der Waals surface area contributed by atoms with Crippen molar-refractivity contribution in [1.82, 2.24) is 9.80 Å². The van der Waals surface area contributed by atoms with Crippen LogP contribution in [0.1, 0.15) is 42.8 Å². The molecule has 27 heavy (non-hydrogen) atoms. The summed E-state index contributed by atoms with van der Waals surface area (Å²) in [4.78, 5) is 17.2. The summed E-state index contributed by atoms with van der Waals surface area (Å²) in [6, 6.07) is 14.6. The first-order chi connectivity index (χ1) is 13.1. The van der Waals surface area contributed by atoms with Crippen LogP contribution in [0.25, 0.3) is 0 Å². The van der Waals surface area contributed by atoms with Crippen LogP contribution in [-0.4, -0.2) is 41.9 Å². The van der Waals surface area contributed by atoms with E-state index in [-0.39, 0.29) is 5.41 Å². The topological polar surface area (TPSA) is 36.7 Å². The Hall–Kier alpha value is -2.07. The van der Waals surface area contributed by atoms with Gasteiger partial charge in [-0.3, -0.25) is 9.69 Å². The molecule has 1 atom stereocenters. The molecule has 0 N–H and O–H groups in total. The van der Waals surface area contributed by atoms with Crippen molar-refractivity contribution in [3.8, 4) is 0 Å². The maximum Gasteiger partial charge on any atom is 0.222 e. The van der Waals surface area contributed by atoms with Gasteiger partial charge >= 0.3 is 0 Å². The second-order valence-corrected chi connectivity index (χ2v) is 8.38. The predicted octanol–water partition coefficient (Wildman–Crippen LogP) is 4.04. The minimum absolute atomic E-state index is 0.254. The van der Waals surface area contributed by atoms with Crippen LogP contribution in [0, 0.1) is 12.3 Å². The van der Waals surface area contributed by atoms with E-state index in [1.807, 2.05) is 19.1 Å². The second kappa shape index (κ2) is 7.89. The molecule has 4 rings (SSSR count). The number of benzene rings is 1. The number of furan rings is 1. The highest BCUT2D eigenvalue weighted by atomic mass is 16.3. The average Bonchev–Trinajstić information content (AvgIpc) is 3.08. The van der Waals surface area contributed by atoms with Gasteiger partial charge in [-0.25, -0.2) is 0 Å². The number of amides is 1. The van der Waals surface area contributed by atoms with Crippen LogP contribution in [0.4, 0.5) is 0 Å². The summed E-state index contributed by atoms with van der Waals surface area (Å²) in [5, 5.41) is 0. The third kappa shape index (κ3) is 4.44. The molecule has 144 valence electrons. The first kappa shape index (κ1) is 18.3. The summed E-state index contributed by atoms with van der Waals surface area (Å²) < 4.78 is 5.78. The summed E-state index contributed by atoms with van der Waals surface area (Å²) in [7, 11) is 0. The number of hydrogen-bond donors (Lipinski definition) is 0. The van der Waals surface area contributed by atoms with Crippen LogP contribution in [0.3, 0.4) is 0 Å². The molecule has 1 spiro atoms. The summed E-state index contributed by atoms with van der Waals surface area (Å²) in [5.74, 6) is 2.36. The van der Waals surface area contributed by atoms with E-state index >= 15 is 0 Å². The molecule has 2 aromatic rings. The van der Waals surface area contributed by atoms with E-state index in [4.69, 9.17) is 4.42 Å². The van der Waals surface area contributed by atoms with Crippen LogP contribution >= 0.6 is 0 Å². The highest BCUT2D eigenvalue weighted by Gasteiger charge is 2.41. The smallest absolute Gasteiger partial charge is 0.222 e. The zero-order valence-corrected chi connectivity index (χ0v) is 16.3. The number of rotatable bonds is 5. The van der Waals surface area contributed by atoms with Gasteiger partial charge in [0.2, 0.25) is 5.91 Å². The van der Waals surface area contributed by atoms with E-state index in [0.717, 1.165) is 57.1 Å². The molecule has 1 aromatic carbocycles. The number of aryl methyl sites for hydroxylation is 1. The van der Waals surface area contributed by atoms with Gasteiger partial charge < -0.3 is 9.32 Å². The molecule has 3 heterocycles.